The minimum Gasteiger partial charge on any atom is -0.469 e. The van der Waals surface area contributed by atoms with Crippen molar-refractivity contribution in [2.75, 3.05) is 7.11 Å². The Bertz CT molecular complexity index is 626. The second-order valence-electron chi connectivity index (χ2n) is 4.77. The zero-order valence-electron chi connectivity index (χ0n) is 12.1. The number of benzene rings is 1. The summed E-state index contributed by atoms with van der Waals surface area (Å²) >= 11 is 0. The first-order valence-electron chi connectivity index (χ1n) is 6.22. The predicted molar refractivity (Wildman–Crippen MR) is 72.5 cm³/mol. The number of carbonyl (C=O) groups is 1. The Morgan fingerprint density at radius 3 is 2.14 bits per heavy atom. The Morgan fingerprint density at radius 1 is 1.23 bits per heavy atom. The molecule has 0 amide bonds. The maximum absolute atomic E-state index is 13.0. The summed E-state index contributed by atoms with van der Waals surface area (Å²) in [7, 11) is -3.49. The molecule has 9 heteroatoms. The van der Waals surface area contributed by atoms with Crippen LogP contribution in [0.3, 0.4) is 0 Å². The van der Waals surface area contributed by atoms with Gasteiger partial charge in [-0.1, -0.05) is 24.6 Å². The zero-order chi connectivity index (χ0) is 17.1. The Labute approximate surface area is 126 Å². The van der Waals surface area contributed by atoms with Crippen molar-refractivity contribution in [3.63, 3.8) is 0 Å². The summed E-state index contributed by atoms with van der Waals surface area (Å²) in [6, 6.07) is 2.72. The number of hydrogen-bond acceptors (Lipinski definition) is 4. The molecule has 1 rings (SSSR count). The van der Waals surface area contributed by atoms with Gasteiger partial charge in [0.1, 0.15) is 6.04 Å². The highest BCUT2D eigenvalue weighted by Gasteiger charge is 2.48. The molecule has 0 saturated heterocycles. The number of aryl methyl sites for hydroxylation is 1. The second-order valence-corrected chi connectivity index (χ2v) is 6.48. The van der Waals surface area contributed by atoms with Gasteiger partial charge >= 0.3 is 12.1 Å². The van der Waals surface area contributed by atoms with E-state index >= 15 is 0 Å². The highest BCUT2D eigenvalue weighted by molar-refractivity contribution is 7.89. The first kappa shape index (κ1) is 18.4. The molecule has 0 aliphatic carbocycles. The van der Waals surface area contributed by atoms with Gasteiger partial charge in [0.15, 0.2) is 0 Å². The van der Waals surface area contributed by atoms with E-state index in [1.54, 1.807) is 6.92 Å². The first-order valence-corrected chi connectivity index (χ1v) is 7.71. The predicted octanol–water partition coefficient (Wildman–Crippen LogP) is 2.01. The molecule has 22 heavy (non-hydrogen) atoms. The number of alkyl halides is 3. The molecule has 0 radical (unpaired) electrons. The van der Waals surface area contributed by atoms with Crippen molar-refractivity contribution < 1.29 is 31.1 Å². The van der Waals surface area contributed by atoms with Crippen LogP contribution in [0.4, 0.5) is 13.2 Å². The van der Waals surface area contributed by atoms with Gasteiger partial charge in [-0.05, 0) is 19.1 Å². The van der Waals surface area contributed by atoms with Gasteiger partial charge in [-0.3, -0.25) is 4.79 Å². The number of esters is 1. The topological polar surface area (TPSA) is 72.5 Å². The zero-order valence-corrected chi connectivity index (χ0v) is 13.0. The summed E-state index contributed by atoms with van der Waals surface area (Å²) in [4.78, 5) is 11.0. The fraction of sp³-hybridized carbons (Fsp3) is 0.462. The number of nitrogens with one attached hydrogen (secondary N) is 1. The standard InChI is InChI=1S/C13H16F3NO4S/c1-8-4-6-10(7-5-8)22(19,20)17-11(13(14,15)16)9(2)12(18)21-3/h4-7,9,11,17H,1-3H3. The van der Waals surface area contributed by atoms with Crippen molar-refractivity contribution in [3.05, 3.63) is 29.8 Å². The van der Waals surface area contributed by atoms with Crippen molar-refractivity contribution >= 4 is 16.0 Å². The smallest absolute Gasteiger partial charge is 0.405 e. The molecule has 1 aromatic carbocycles. The fourth-order valence-electron chi connectivity index (χ4n) is 1.73. The van der Waals surface area contributed by atoms with Gasteiger partial charge in [-0.15, -0.1) is 0 Å². The van der Waals surface area contributed by atoms with E-state index in [0.29, 0.717) is 0 Å². The van der Waals surface area contributed by atoms with Crippen LogP contribution in [0, 0.1) is 12.8 Å². The minimum atomic E-state index is -4.94. The molecule has 0 aromatic heterocycles. The number of ether oxygens (including phenoxy) is 1. The van der Waals surface area contributed by atoms with Gasteiger partial charge < -0.3 is 4.74 Å². The van der Waals surface area contributed by atoms with Gasteiger partial charge in [0.05, 0.1) is 17.9 Å². The van der Waals surface area contributed by atoms with Crippen LogP contribution in [0.15, 0.2) is 29.2 Å². The maximum Gasteiger partial charge on any atom is 0.405 e. The molecule has 1 N–H and O–H groups in total. The molecule has 5 nitrogen and oxygen atoms in total. The molecule has 0 aliphatic rings. The fourth-order valence-corrected chi connectivity index (χ4v) is 3.03. The molecule has 0 heterocycles. The van der Waals surface area contributed by atoms with E-state index in [-0.39, 0.29) is 4.90 Å². The Hall–Kier alpha value is -1.61. The molecule has 2 unspecified atom stereocenters. The quantitative estimate of drug-likeness (QED) is 0.833. The summed E-state index contributed by atoms with van der Waals surface area (Å²) in [5.74, 6) is -2.88. The van der Waals surface area contributed by atoms with Crippen molar-refractivity contribution in [2.24, 2.45) is 5.92 Å². The lowest BCUT2D eigenvalue weighted by Gasteiger charge is -2.25. The third-order valence-electron chi connectivity index (χ3n) is 3.04. The van der Waals surface area contributed by atoms with E-state index in [0.717, 1.165) is 19.6 Å². The monoisotopic (exact) mass is 339 g/mol. The van der Waals surface area contributed by atoms with Gasteiger partial charge in [-0.25, -0.2) is 8.42 Å². The van der Waals surface area contributed by atoms with Crippen LogP contribution < -0.4 is 4.72 Å². The average Bonchev–Trinajstić information content (AvgIpc) is 2.42. The Kier molecular flexibility index (Phi) is 5.58. The Morgan fingerprint density at radius 2 is 1.73 bits per heavy atom. The molecule has 1 aromatic rings. The van der Waals surface area contributed by atoms with E-state index < -0.39 is 34.1 Å². The molecular weight excluding hydrogens is 323 g/mol. The largest absolute Gasteiger partial charge is 0.469 e. The second kappa shape index (κ2) is 6.66. The third-order valence-corrected chi connectivity index (χ3v) is 4.50. The van der Waals surface area contributed by atoms with Crippen molar-refractivity contribution in [1.29, 1.82) is 0 Å². The molecule has 0 aliphatic heterocycles. The number of methoxy groups -OCH3 is 1. The van der Waals surface area contributed by atoms with Crippen LogP contribution in [-0.4, -0.2) is 33.7 Å². The van der Waals surface area contributed by atoms with Crippen LogP contribution in [0.2, 0.25) is 0 Å². The molecular formula is C13H16F3NO4S. The van der Waals surface area contributed by atoms with E-state index in [1.165, 1.54) is 29.0 Å². The van der Waals surface area contributed by atoms with E-state index in [2.05, 4.69) is 4.74 Å². The van der Waals surface area contributed by atoms with Crippen LogP contribution >= 0.6 is 0 Å². The summed E-state index contributed by atoms with van der Waals surface area (Å²) < 4.78 is 69.0. The van der Waals surface area contributed by atoms with E-state index in [9.17, 15) is 26.4 Å². The molecule has 124 valence electrons. The highest BCUT2D eigenvalue weighted by atomic mass is 32.2. The summed E-state index contributed by atoms with van der Waals surface area (Å²) in [5.41, 5.74) is 0.759. The summed E-state index contributed by atoms with van der Waals surface area (Å²) in [6.45, 7) is 2.66. The number of halogens is 3. The molecule has 2 atom stereocenters. The van der Waals surface area contributed by atoms with Crippen molar-refractivity contribution in [3.8, 4) is 0 Å². The van der Waals surface area contributed by atoms with E-state index in [4.69, 9.17) is 0 Å². The van der Waals surface area contributed by atoms with Crippen molar-refractivity contribution in [2.45, 2.75) is 31.0 Å². The van der Waals surface area contributed by atoms with Crippen LogP contribution in [0.1, 0.15) is 12.5 Å². The molecule has 0 fully saturated rings. The number of carbonyl (C=O) groups excluding carboxylic acids is 1. The highest BCUT2D eigenvalue weighted by Crippen LogP contribution is 2.28. The normalized spacial score (nSPS) is 15.2. The molecule has 0 bridgehead atoms. The summed E-state index contributed by atoms with van der Waals surface area (Å²) in [6.07, 6.45) is -4.94. The lowest BCUT2D eigenvalue weighted by atomic mass is 10.0. The van der Waals surface area contributed by atoms with E-state index in [1.807, 2.05) is 0 Å². The van der Waals surface area contributed by atoms with Gasteiger partial charge in [0, 0.05) is 0 Å². The van der Waals surface area contributed by atoms with Gasteiger partial charge in [0.2, 0.25) is 10.0 Å². The lowest BCUT2D eigenvalue weighted by Crippen LogP contribution is -2.51. The molecule has 0 spiro atoms. The van der Waals surface area contributed by atoms with Crippen LogP contribution in [-0.2, 0) is 19.6 Å². The molecule has 0 saturated carbocycles. The lowest BCUT2D eigenvalue weighted by molar-refractivity contribution is -0.175. The Balaban J connectivity index is 3.13. The summed E-state index contributed by atoms with van der Waals surface area (Å²) in [5, 5.41) is 0. The SMILES string of the molecule is COC(=O)C(C)C(NS(=O)(=O)c1ccc(C)cc1)C(F)(F)F. The number of hydrogen-bond donors (Lipinski definition) is 1. The number of sulfonamides is 1. The number of rotatable bonds is 5. The van der Waals surface area contributed by atoms with Gasteiger partial charge in [-0.2, -0.15) is 17.9 Å². The van der Waals surface area contributed by atoms with Crippen LogP contribution in [0.25, 0.3) is 0 Å². The van der Waals surface area contributed by atoms with Crippen LogP contribution in [0.5, 0.6) is 0 Å². The third kappa shape index (κ3) is 4.44. The maximum atomic E-state index is 13.0. The first-order chi connectivity index (χ1) is 9.99. The average molecular weight is 339 g/mol. The van der Waals surface area contributed by atoms with Gasteiger partial charge in [0.25, 0.3) is 0 Å². The van der Waals surface area contributed by atoms with Crippen molar-refractivity contribution in [1.82, 2.24) is 4.72 Å². The minimum absolute atomic E-state index is 0.315.